The molecule has 0 bridgehead atoms. The normalized spacial score (nSPS) is 20.1. The Kier molecular flexibility index (Phi) is 10.1. The van der Waals surface area contributed by atoms with Crippen LogP contribution >= 0.6 is 0 Å². The lowest BCUT2D eigenvalue weighted by Crippen LogP contribution is -2.49. The van der Waals surface area contributed by atoms with Gasteiger partial charge in [-0.3, -0.25) is 34.0 Å². The molecule has 7 heterocycles. The fourth-order valence-corrected chi connectivity index (χ4v) is 9.66. The highest BCUT2D eigenvalue weighted by Gasteiger charge is 2.30. The topological polar surface area (TPSA) is 160 Å². The SMILES string of the molecule is Cn1nc(N2CCC(=O)NC2=O)c2ccc(C3CCN(Cc4cccc(S(=O)N5CCC(Nc6ncc7ccc(=O)n(CC8COC8)c7n6)CC5)c4)CC3)cc21. The third kappa shape index (κ3) is 7.45. The van der Waals surface area contributed by atoms with E-state index in [0.717, 1.165) is 72.1 Å². The van der Waals surface area contributed by atoms with E-state index in [1.54, 1.807) is 27.8 Å². The number of hydrogen-bond donors (Lipinski definition) is 2. The minimum absolute atomic E-state index is 0.0712. The van der Waals surface area contributed by atoms with Crippen LogP contribution in [0, 0.1) is 5.92 Å². The summed E-state index contributed by atoms with van der Waals surface area (Å²) in [6.07, 6.45) is 5.68. The number of anilines is 2. The monoisotopic (exact) mass is 778 g/mol. The summed E-state index contributed by atoms with van der Waals surface area (Å²) >= 11 is 0. The van der Waals surface area contributed by atoms with E-state index in [1.807, 2.05) is 28.2 Å². The number of benzene rings is 2. The molecule has 15 nitrogen and oxygen atoms in total. The van der Waals surface area contributed by atoms with Gasteiger partial charge in [0.25, 0.3) is 5.56 Å². The lowest BCUT2D eigenvalue weighted by molar-refractivity contribution is -0.120. The predicted octanol–water partition coefficient (Wildman–Crippen LogP) is 3.75. The lowest BCUT2D eigenvalue weighted by Gasteiger charge is -2.33. The maximum atomic E-state index is 13.8. The number of amides is 3. The fraction of sp³-hybridized carbons (Fsp3) is 0.450. The number of carbonyl (C=O) groups excluding carboxylic acids is 2. The van der Waals surface area contributed by atoms with Gasteiger partial charge in [-0.1, -0.05) is 18.2 Å². The van der Waals surface area contributed by atoms with Crippen LogP contribution in [0.5, 0.6) is 0 Å². The molecule has 56 heavy (non-hydrogen) atoms. The van der Waals surface area contributed by atoms with E-state index in [0.29, 0.717) is 68.6 Å². The molecule has 292 valence electrons. The van der Waals surface area contributed by atoms with Crippen molar-refractivity contribution in [3.8, 4) is 0 Å². The van der Waals surface area contributed by atoms with Crippen molar-refractivity contribution >= 4 is 56.6 Å². The number of rotatable bonds is 10. The van der Waals surface area contributed by atoms with Crippen molar-refractivity contribution in [2.24, 2.45) is 13.0 Å². The third-order valence-corrected chi connectivity index (χ3v) is 13.1. The van der Waals surface area contributed by atoms with Crippen molar-refractivity contribution in [3.63, 3.8) is 0 Å². The number of nitrogens with zero attached hydrogens (tertiary/aromatic N) is 8. The van der Waals surface area contributed by atoms with Crippen molar-refractivity contribution in [3.05, 3.63) is 82.3 Å². The molecule has 3 aromatic heterocycles. The molecule has 1 atom stereocenters. The zero-order chi connectivity index (χ0) is 38.3. The molecule has 9 rings (SSSR count). The average molecular weight is 779 g/mol. The molecule has 3 amide bonds. The van der Waals surface area contributed by atoms with Crippen molar-refractivity contribution in [2.45, 2.75) is 62.0 Å². The van der Waals surface area contributed by atoms with Crippen LogP contribution in [0.1, 0.15) is 49.1 Å². The summed E-state index contributed by atoms with van der Waals surface area (Å²) in [5.74, 6) is 1.56. The maximum absolute atomic E-state index is 13.8. The maximum Gasteiger partial charge on any atom is 0.329 e. The van der Waals surface area contributed by atoms with Crippen molar-refractivity contribution in [1.82, 2.24) is 38.8 Å². The molecule has 4 aliphatic rings. The van der Waals surface area contributed by atoms with Gasteiger partial charge in [0.2, 0.25) is 11.9 Å². The number of aromatic nitrogens is 5. The number of urea groups is 1. The fourth-order valence-electron chi connectivity index (χ4n) is 8.37. The third-order valence-electron chi connectivity index (χ3n) is 11.6. The van der Waals surface area contributed by atoms with Crippen LogP contribution in [0.15, 0.2) is 70.5 Å². The molecule has 0 spiro atoms. The Balaban J connectivity index is 0.778. The van der Waals surface area contributed by atoms with Gasteiger partial charge in [-0.25, -0.2) is 18.3 Å². The first-order chi connectivity index (χ1) is 27.3. The largest absolute Gasteiger partial charge is 0.381 e. The Bertz CT molecular complexity index is 2380. The summed E-state index contributed by atoms with van der Waals surface area (Å²) in [6.45, 7) is 6.32. The summed E-state index contributed by atoms with van der Waals surface area (Å²) in [7, 11) is 0.630. The molecule has 0 radical (unpaired) electrons. The highest BCUT2D eigenvalue weighted by atomic mass is 32.2. The van der Waals surface area contributed by atoms with E-state index in [9.17, 15) is 18.6 Å². The Hall–Kier alpha value is -5.03. The molecule has 4 aliphatic heterocycles. The van der Waals surface area contributed by atoms with Crippen LogP contribution < -0.4 is 21.1 Å². The van der Waals surface area contributed by atoms with Crippen LogP contribution in [0.25, 0.3) is 21.9 Å². The molecule has 4 fully saturated rings. The highest BCUT2D eigenvalue weighted by Crippen LogP contribution is 2.34. The Morgan fingerprint density at radius 2 is 1.77 bits per heavy atom. The Morgan fingerprint density at radius 3 is 2.54 bits per heavy atom. The lowest BCUT2D eigenvalue weighted by atomic mass is 9.89. The average Bonchev–Trinajstić information content (AvgIpc) is 3.52. The summed E-state index contributed by atoms with van der Waals surface area (Å²) in [4.78, 5) is 51.0. The Morgan fingerprint density at radius 1 is 0.946 bits per heavy atom. The van der Waals surface area contributed by atoms with Gasteiger partial charge in [-0.15, -0.1) is 0 Å². The van der Waals surface area contributed by atoms with Crippen LogP contribution in [0.3, 0.4) is 0 Å². The van der Waals surface area contributed by atoms with Crippen molar-refractivity contribution in [1.29, 1.82) is 0 Å². The summed E-state index contributed by atoms with van der Waals surface area (Å²) in [6, 6.07) is 17.7. The van der Waals surface area contributed by atoms with Gasteiger partial charge >= 0.3 is 6.03 Å². The molecular weight excluding hydrogens is 733 g/mol. The predicted molar refractivity (Wildman–Crippen MR) is 213 cm³/mol. The smallest absolute Gasteiger partial charge is 0.329 e. The number of fused-ring (bicyclic) bond motifs is 2. The van der Waals surface area contributed by atoms with Gasteiger partial charge < -0.3 is 10.1 Å². The summed E-state index contributed by atoms with van der Waals surface area (Å²) in [5, 5.41) is 12.2. The van der Waals surface area contributed by atoms with Gasteiger partial charge in [-0.05, 0) is 86.1 Å². The minimum atomic E-state index is -1.26. The van der Waals surface area contributed by atoms with Gasteiger partial charge in [0.15, 0.2) is 5.82 Å². The minimum Gasteiger partial charge on any atom is -0.381 e. The number of pyridine rings is 1. The van der Waals surface area contributed by atoms with Crippen molar-refractivity contribution in [2.75, 3.05) is 56.2 Å². The first kappa shape index (κ1) is 36.6. The quantitative estimate of drug-likeness (QED) is 0.214. The number of likely N-dealkylation sites (tertiary alicyclic amines) is 1. The molecule has 2 aromatic carbocycles. The summed E-state index contributed by atoms with van der Waals surface area (Å²) < 4.78 is 24.7. The first-order valence-corrected chi connectivity index (χ1v) is 20.6. The zero-order valence-electron chi connectivity index (χ0n) is 31.4. The molecule has 16 heteroatoms. The van der Waals surface area contributed by atoms with Gasteiger partial charge in [0.05, 0.1) is 23.6 Å². The van der Waals surface area contributed by atoms with Crippen LogP contribution in [-0.2, 0) is 40.7 Å². The van der Waals surface area contributed by atoms with Crippen LogP contribution in [-0.4, -0.2) is 102 Å². The van der Waals surface area contributed by atoms with Crippen LogP contribution in [0.2, 0.25) is 0 Å². The number of ether oxygens (including phenoxy) is 1. The molecule has 0 aliphatic carbocycles. The molecule has 1 unspecified atom stereocenters. The van der Waals surface area contributed by atoms with Gasteiger partial charge in [-0.2, -0.15) is 10.1 Å². The number of carbonyl (C=O) groups is 2. The second-order valence-corrected chi connectivity index (χ2v) is 16.9. The van der Waals surface area contributed by atoms with E-state index in [1.165, 1.54) is 5.56 Å². The van der Waals surface area contributed by atoms with Crippen molar-refractivity contribution < 1.29 is 18.5 Å². The van der Waals surface area contributed by atoms with Crippen LogP contribution in [0.4, 0.5) is 16.6 Å². The summed E-state index contributed by atoms with van der Waals surface area (Å²) in [5.41, 5.74) is 3.96. The number of hydrogen-bond acceptors (Lipinski definition) is 10. The highest BCUT2D eigenvalue weighted by molar-refractivity contribution is 7.82. The Labute approximate surface area is 326 Å². The molecule has 2 N–H and O–H groups in total. The van der Waals surface area contributed by atoms with Gasteiger partial charge in [0.1, 0.15) is 16.6 Å². The van der Waals surface area contributed by atoms with E-state index >= 15 is 0 Å². The molecule has 0 saturated carbocycles. The molecular formula is C40H46N10O5S. The van der Waals surface area contributed by atoms with E-state index < -0.39 is 17.0 Å². The standard InChI is InChI=1S/C40H46N10O5S/c1-46-34-20-29(5-7-33(34)38(45-46)49-18-13-35(51)43-40(49)53)28-9-14-47(15-10-28)22-26-3-2-4-32(19-26)56(54)48-16-11-31(12-17-48)42-39-41-21-30-6-8-36(52)50(37(30)44-39)23-27-24-55-25-27/h2-8,19-21,27-28,31H,9-18,22-25H2,1H3,(H,41,42,44)(H,43,51,53). The number of imide groups is 1. The first-order valence-electron chi connectivity index (χ1n) is 19.5. The number of nitrogens with one attached hydrogen (secondary N) is 2. The number of aryl methyl sites for hydroxylation is 1. The van der Waals surface area contributed by atoms with E-state index in [2.05, 4.69) is 55.9 Å². The molecule has 5 aromatic rings. The molecule has 4 saturated heterocycles. The zero-order valence-corrected chi connectivity index (χ0v) is 32.2. The number of piperidine rings is 2. The second kappa shape index (κ2) is 15.5. The van der Waals surface area contributed by atoms with Gasteiger partial charge in [0, 0.05) is 81.2 Å². The van der Waals surface area contributed by atoms with E-state index in [4.69, 9.17) is 9.72 Å². The van der Waals surface area contributed by atoms with E-state index in [-0.39, 0.29) is 23.9 Å². The second-order valence-electron chi connectivity index (χ2n) is 15.4.